The van der Waals surface area contributed by atoms with Crippen LogP contribution in [0.15, 0.2) is 48.5 Å². The van der Waals surface area contributed by atoms with Crippen LogP contribution in [0.3, 0.4) is 0 Å². The molecule has 0 radical (unpaired) electrons. The molecule has 2 rings (SSSR count). The van der Waals surface area contributed by atoms with Crippen molar-refractivity contribution in [3.63, 3.8) is 0 Å². The van der Waals surface area contributed by atoms with Crippen molar-refractivity contribution >= 4 is 29.3 Å². The van der Waals surface area contributed by atoms with Gasteiger partial charge in [0.1, 0.15) is 5.75 Å². The Hall–Kier alpha value is -2.86. The van der Waals surface area contributed by atoms with Crippen LogP contribution in [0.5, 0.6) is 5.75 Å². The summed E-state index contributed by atoms with van der Waals surface area (Å²) in [5.41, 5.74) is 1.24. The van der Waals surface area contributed by atoms with E-state index in [2.05, 4.69) is 5.32 Å². The second-order valence-corrected chi connectivity index (χ2v) is 6.22. The number of benzene rings is 2. The highest BCUT2D eigenvalue weighted by molar-refractivity contribution is 6.31. The smallest absolute Gasteiger partial charge is 0.344 e. The van der Waals surface area contributed by atoms with Gasteiger partial charge in [-0.15, -0.1) is 0 Å². The number of ketones is 1. The summed E-state index contributed by atoms with van der Waals surface area (Å²) >= 11 is 6.03. The Balaban J connectivity index is 1.79. The maximum Gasteiger partial charge on any atom is 0.344 e. The van der Waals surface area contributed by atoms with Gasteiger partial charge < -0.3 is 14.8 Å². The molecule has 0 aliphatic carbocycles. The Bertz CT molecular complexity index is 837. The minimum atomic E-state index is -0.979. The molecule has 0 aliphatic heterocycles. The number of amides is 1. The van der Waals surface area contributed by atoms with Crippen molar-refractivity contribution in [1.29, 1.82) is 0 Å². The van der Waals surface area contributed by atoms with Crippen molar-refractivity contribution in [3.8, 4) is 5.75 Å². The van der Waals surface area contributed by atoms with Crippen LogP contribution in [-0.2, 0) is 20.9 Å². The zero-order valence-corrected chi connectivity index (χ0v) is 15.8. The van der Waals surface area contributed by atoms with E-state index in [1.165, 1.54) is 19.9 Å². The lowest BCUT2D eigenvalue weighted by atomic mass is 10.1. The Morgan fingerprint density at radius 3 is 2.56 bits per heavy atom. The van der Waals surface area contributed by atoms with Gasteiger partial charge in [0.15, 0.2) is 18.5 Å². The predicted octanol–water partition coefficient (Wildman–Crippen LogP) is 3.17. The Morgan fingerprint density at radius 1 is 1.11 bits per heavy atom. The van der Waals surface area contributed by atoms with Gasteiger partial charge in [0.05, 0.1) is 0 Å². The molecule has 7 heteroatoms. The molecule has 1 amide bonds. The van der Waals surface area contributed by atoms with E-state index in [1.54, 1.807) is 36.4 Å². The fourth-order valence-electron chi connectivity index (χ4n) is 2.20. The summed E-state index contributed by atoms with van der Waals surface area (Å²) in [6.45, 7) is 2.77. The zero-order valence-electron chi connectivity index (χ0n) is 15.0. The fraction of sp³-hybridized carbons (Fsp3) is 0.250. The summed E-state index contributed by atoms with van der Waals surface area (Å²) in [5.74, 6) is -0.868. The van der Waals surface area contributed by atoms with Crippen molar-refractivity contribution < 1.29 is 23.9 Å². The lowest BCUT2D eigenvalue weighted by molar-refractivity contribution is -0.156. The first-order valence-corrected chi connectivity index (χ1v) is 8.69. The third-order valence-electron chi connectivity index (χ3n) is 3.69. The number of esters is 1. The third-order valence-corrected chi connectivity index (χ3v) is 4.05. The molecule has 0 unspecified atom stereocenters. The van der Waals surface area contributed by atoms with E-state index >= 15 is 0 Å². The molecule has 27 heavy (non-hydrogen) atoms. The summed E-state index contributed by atoms with van der Waals surface area (Å²) in [7, 11) is 0. The number of nitrogens with one attached hydrogen (secondary N) is 1. The average Bonchev–Trinajstić information content (AvgIpc) is 2.65. The van der Waals surface area contributed by atoms with Crippen molar-refractivity contribution in [1.82, 2.24) is 5.32 Å². The molecule has 0 saturated carbocycles. The largest absolute Gasteiger partial charge is 0.482 e. The molecule has 142 valence electrons. The molecule has 1 N–H and O–H groups in total. The van der Waals surface area contributed by atoms with E-state index in [0.717, 1.165) is 5.56 Å². The summed E-state index contributed by atoms with van der Waals surface area (Å²) < 4.78 is 10.4. The lowest BCUT2D eigenvalue weighted by Gasteiger charge is -2.14. The molecule has 0 aliphatic rings. The van der Waals surface area contributed by atoms with E-state index in [9.17, 15) is 14.4 Å². The maximum absolute atomic E-state index is 12.0. The van der Waals surface area contributed by atoms with E-state index in [1.807, 2.05) is 6.07 Å². The minimum absolute atomic E-state index is 0.105. The van der Waals surface area contributed by atoms with Crippen molar-refractivity contribution in [2.75, 3.05) is 6.61 Å². The van der Waals surface area contributed by atoms with Gasteiger partial charge in [-0.25, -0.2) is 4.79 Å². The summed E-state index contributed by atoms with van der Waals surface area (Å²) in [4.78, 5) is 35.3. The van der Waals surface area contributed by atoms with Crippen LogP contribution >= 0.6 is 11.6 Å². The third kappa shape index (κ3) is 6.42. The number of Topliss-reactive ketones (excluding diaryl/α,β-unsaturated/α-hetero) is 1. The average molecular weight is 390 g/mol. The van der Waals surface area contributed by atoms with E-state index in [0.29, 0.717) is 16.3 Å². The molecular formula is C20H20ClNO5. The molecule has 0 fully saturated rings. The van der Waals surface area contributed by atoms with Crippen molar-refractivity contribution in [2.24, 2.45) is 0 Å². The number of hydrogen-bond acceptors (Lipinski definition) is 5. The van der Waals surface area contributed by atoms with Crippen LogP contribution in [0.25, 0.3) is 0 Å². The van der Waals surface area contributed by atoms with E-state index < -0.39 is 18.0 Å². The summed E-state index contributed by atoms with van der Waals surface area (Å²) in [6.07, 6.45) is -0.979. The predicted molar refractivity (Wildman–Crippen MR) is 101 cm³/mol. The number of rotatable bonds is 8. The molecule has 6 nitrogen and oxygen atoms in total. The summed E-state index contributed by atoms with van der Waals surface area (Å²) in [6, 6.07) is 13.6. The van der Waals surface area contributed by atoms with Crippen molar-refractivity contribution in [3.05, 3.63) is 64.7 Å². The maximum atomic E-state index is 12.0. The monoisotopic (exact) mass is 389 g/mol. The molecule has 0 bridgehead atoms. The molecule has 0 spiro atoms. The van der Waals surface area contributed by atoms with Crippen LogP contribution < -0.4 is 10.1 Å². The Morgan fingerprint density at radius 2 is 1.85 bits per heavy atom. The van der Waals surface area contributed by atoms with Gasteiger partial charge in [0.2, 0.25) is 0 Å². The Labute approximate surface area is 162 Å². The zero-order chi connectivity index (χ0) is 19.8. The van der Waals surface area contributed by atoms with Crippen LogP contribution in [0.4, 0.5) is 0 Å². The van der Waals surface area contributed by atoms with E-state index in [-0.39, 0.29) is 18.9 Å². The minimum Gasteiger partial charge on any atom is -0.482 e. The van der Waals surface area contributed by atoms with Gasteiger partial charge >= 0.3 is 5.97 Å². The lowest BCUT2D eigenvalue weighted by Crippen LogP contribution is -2.36. The SMILES string of the molecule is CC(=O)c1cccc(OCC(=O)O[C@H](C)C(=O)NCc2ccccc2Cl)c1. The number of carbonyl (C=O) groups excluding carboxylic acids is 3. The quantitative estimate of drug-likeness (QED) is 0.554. The van der Waals surface area contributed by atoms with Crippen LogP contribution in [0.2, 0.25) is 5.02 Å². The molecule has 0 aromatic heterocycles. The highest BCUT2D eigenvalue weighted by atomic mass is 35.5. The van der Waals surface area contributed by atoms with Gasteiger partial charge in [-0.3, -0.25) is 9.59 Å². The second kappa shape index (κ2) is 9.73. The number of hydrogen-bond donors (Lipinski definition) is 1. The molecule has 2 aromatic rings. The van der Waals surface area contributed by atoms with Gasteiger partial charge in [-0.2, -0.15) is 0 Å². The second-order valence-electron chi connectivity index (χ2n) is 5.81. The van der Waals surface area contributed by atoms with Gasteiger partial charge in [-0.05, 0) is 37.6 Å². The summed E-state index contributed by atoms with van der Waals surface area (Å²) in [5, 5.41) is 3.20. The Kier molecular flexibility index (Phi) is 7.37. The first-order valence-electron chi connectivity index (χ1n) is 8.31. The molecule has 0 heterocycles. The van der Waals surface area contributed by atoms with Crippen molar-refractivity contribution in [2.45, 2.75) is 26.5 Å². The van der Waals surface area contributed by atoms with Gasteiger partial charge in [0, 0.05) is 17.1 Å². The van der Waals surface area contributed by atoms with E-state index in [4.69, 9.17) is 21.1 Å². The molecular weight excluding hydrogens is 370 g/mol. The van der Waals surface area contributed by atoms with Crippen LogP contribution in [0, 0.1) is 0 Å². The number of carbonyl (C=O) groups is 3. The van der Waals surface area contributed by atoms with Crippen LogP contribution in [0.1, 0.15) is 29.8 Å². The van der Waals surface area contributed by atoms with Gasteiger partial charge in [-0.1, -0.05) is 41.9 Å². The fourth-order valence-corrected chi connectivity index (χ4v) is 2.40. The highest BCUT2D eigenvalue weighted by Gasteiger charge is 2.18. The highest BCUT2D eigenvalue weighted by Crippen LogP contribution is 2.15. The van der Waals surface area contributed by atoms with Crippen LogP contribution in [-0.4, -0.2) is 30.4 Å². The number of halogens is 1. The molecule has 1 atom stereocenters. The first kappa shape index (κ1) is 20.5. The topological polar surface area (TPSA) is 81.7 Å². The molecule has 0 saturated heterocycles. The number of ether oxygens (including phenoxy) is 2. The standard InChI is InChI=1S/C20H20ClNO5/c1-13(23)15-7-5-8-17(10-15)26-12-19(24)27-14(2)20(25)22-11-16-6-3-4-9-18(16)21/h3-10,14H,11-12H2,1-2H3,(H,22,25)/t14-/m1/s1. The normalized spacial score (nSPS) is 11.4. The molecule has 2 aromatic carbocycles. The first-order chi connectivity index (χ1) is 12.9. The van der Waals surface area contributed by atoms with Gasteiger partial charge in [0.25, 0.3) is 5.91 Å².